The quantitative estimate of drug-likeness (QED) is 0.357. The van der Waals surface area contributed by atoms with Gasteiger partial charge in [-0.2, -0.15) is 0 Å². The molecule has 0 aliphatic heterocycles. The summed E-state index contributed by atoms with van der Waals surface area (Å²) in [6.07, 6.45) is 2.73. The van der Waals surface area contributed by atoms with Crippen molar-refractivity contribution in [1.29, 1.82) is 0 Å². The first-order valence-corrected chi connectivity index (χ1v) is 11.1. The van der Waals surface area contributed by atoms with Gasteiger partial charge in [-0.3, -0.25) is 9.59 Å². The lowest BCUT2D eigenvalue weighted by molar-refractivity contribution is -0.147. The summed E-state index contributed by atoms with van der Waals surface area (Å²) in [6, 6.07) is 14.0. The fraction of sp³-hybridized carbons (Fsp3) is 0.375. The predicted octanol–water partition coefficient (Wildman–Crippen LogP) is 5.62. The van der Waals surface area contributed by atoms with Crippen molar-refractivity contribution in [2.75, 3.05) is 11.9 Å². The maximum atomic E-state index is 12.2. The topological polar surface area (TPSA) is 68.3 Å². The minimum atomic E-state index is -0.344. The van der Waals surface area contributed by atoms with Gasteiger partial charge in [-0.15, -0.1) is 11.3 Å². The fourth-order valence-electron chi connectivity index (χ4n) is 3.31. The number of hydrogen-bond donors (Lipinski definition) is 1. The van der Waals surface area contributed by atoms with Gasteiger partial charge in [0, 0.05) is 12.1 Å². The fourth-order valence-corrected chi connectivity index (χ4v) is 4.32. The summed E-state index contributed by atoms with van der Waals surface area (Å²) in [7, 11) is 0. The Hall–Kier alpha value is -2.73. The van der Waals surface area contributed by atoms with Crippen LogP contribution in [0.15, 0.2) is 42.5 Å². The molecule has 0 spiro atoms. The van der Waals surface area contributed by atoms with E-state index in [4.69, 9.17) is 4.74 Å². The van der Waals surface area contributed by atoms with Crippen molar-refractivity contribution in [2.45, 2.75) is 52.4 Å². The van der Waals surface area contributed by atoms with Gasteiger partial charge in [0.25, 0.3) is 5.91 Å². The average molecular weight is 425 g/mol. The molecule has 0 saturated carbocycles. The van der Waals surface area contributed by atoms with Gasteiger partial charge in [0.2, 0.25) is 0 Å². The summed E-state index contributed by atoms with van der Waals surface area (Å²) in [5.74, 6) is -0.365. The number of nitrogens with zero attached hydrogens (tertiary/aromatic N) is 1. The number of carbonyl (C=O) groups is 2. The number of anilines is 1. The van der Waals surface area contributed by atoms with E-state index >= 15 is 0 Å². The molecule has 158 valence electrons. The van der Waals surface area contributed by atoms with Crippen molar-refractivity contribution in [3.05, 3.63) is 58.6 Å². The van der Waals surface area contributed by atoms with E-state index < -0.39 is 0 Å². The minimum absolute atomic E-state index is 0.261. The first-order valence-electron chi connectivity index (χ1n) is 10.3. The van der Waals surface area contributed by atoms with Crippen LogP contribution in [0.2, 0.25) is 0 Å². The van der Waals surface area contributed by atoms with E-state index in [2.05, 4.69) is 30.2 Å². The van der Waals surface area contributed by atoms with Crippen LogP contribution in [-0.4, -0.2) is 23.5 Å². The maximum Gasteiger partial charge on any atom is 0.306 e. The third-order valence-corrected chi connectivity index (χ3v) is 6.01. The summed E-state index contributed by atoms with van der Waals surface area (Å²) in [6.45, 7) is 5.86. The second kappa shape index (κ2) is 10.3. The molecule has 0 fully saturated rings. The Kier molecular flexibility index (Phi) is 7.57. The van der Waals surface area contributed by atoms with E-state index in [0.29, 0.717) is 12.8 Å². The molecule has 6 heteroatoms. The molecule has 1 amide bonds. The van der Waals surface area contributed by atoms with E-state index in [1.165, 1.54) is 4.70 Å². The zero-order chi connectivity index (χ0) is 21.5. The van der Waals surface area contributed by atoms with Gasteiger partial charge in [0.05, 0.1) is 15.2 Å². The summed E-state index contributed by atoms with van der Waals surface area (Å²) in [4.78, 5) is 28.8. The average Bonchev–Trinajstić information content (AvgIpc) is 3.14. The Morgan fingerprint density at radius 1 is 1.10 bits per heavy atom. The van der Waals surface area contributed by atoms with Crippen LogP contribution in [0, 0.1) is 6.92 Å². The maximum absolute atomic E-state index is 12.2. The van der Waals surface area contributed by atoms with Crippen LogP contribution in [-0.2, 0) is 20.7 Å². The number of aromatic nitrogens is 1. The van der Waals surface area contributed by atoms with Gasteiger partial charge in [-0.05, 0) is 55.4 Å². The first-order chi connectivity index (χ1) is 14.4. The molecule has 0 bridgehead atoms. The molecule has 5 nitrogen and oxygen atoms in total. The molecule has 0 saturated heterocycles. The number of amides is 1. The van der Waals surface area contributed by atoms with Crippen LogP contribution in [0.1, 0.15) is 55.2 Å². The molecule has 1 N–H and O–H groups in total. The highest BCUT2D eigenvalue weighted by molar-refractivity contribution is 7.18. The van der Waals surface area contributed by atoms with E-state index in [1.54, 1.807) is 11.3 Å². The molecule has 3 rings (SSSR count). The zero-order valence-corrected chi connectivity index (χ0v) is 18.6. The molecular weight excluding hydrogens is 396 g/mol. The molecule has 2 aromatic carbocycles. The SMILES string of the molecule is Cc1cccc(C(C)C)c1NC(=O)COC(=O)CCCCc1nc2ccccc2s1. The first kappa shape index (κ1) is 22.0. The third kappa shape index (κ3) is 5.89. The highest BCUT2D eigenvalue weighted by atomic mass is 32.1. The van der Waals surface area contributed by atoms with Gasteiger partial charge in [-0.1, -0.05) is 44.2 Å². The number of esters is 1. The van der Waals surface area contributed by atoms with Crippen LogP contribution in [0.25, 0.3) is 10.2 Å². The van der Waals surface area contributed by atoms with Crippen molar-refractivity contribution >= 4 is 39.1 Å². The van der Waals surface area contributed by atoms with E-state index in [0.717, 1.165) is 40.2 Å². The van der Waals surface area contributed by atoms with Crippen LogP contribution >= 0.6 is 11.3 Å². The number of carbonyl (C=O) groups excluding carboxylic acids is 2. The highest BCUT2D eigenvalue weighted by Gasteiger charge is 2.13. The molecule has 3 aromatic rings. The Morgan fingerprint density at radius 2 is 1.90 bits per heavy atom. The number of rotatable bonds is 9. The summed E-state index contributed by atoms with van der Waals surface area (Å²) in [5, 5.41) is 3.98. The molecule has 1 heterocycles. The number of aryl methyl sites for hydroxylation is 2. The summed E-state index contributed by atoms with van der Waals surface area (Å²) < 4.78 is 6.34. The van der Waals surface area contributed by atoms with Gasteiger partial charge >= 0.3 is 5.97 Å². The Balaban J connectivity index is 1.39. The van der Waals surface area contributed by atoms with Crippen LogP contribution in [0.4, 0.5) is 5.69 Å². The van der Waals surface area contributed by atoms with Gasteiger partial charge in [0.15, 0.2) is 6.61 Å². The monoisotopic (exact) mass is 424 g/mol. The number of thiazole rings is 1. The second-order valence-electron chi connectivity index (χ2n) is 7.69. The van der Waals surface area contributed by atoms with Crippen molar-refractivity contribution in [3.8, 4) is 0 Å². The predicted molar refractivity (Wildman–Crippen MR) is 122 cm³/mol. The van der Waals surface area contributed by atoms with E-state index in [9.17, 15) is 9.59 Å². The molecule has 0 atom stereocenters. The number of para-hydroxylation sites is 2. The summed E-state index contributed by atoms with van der Waals surface area (Å²) in [5.41, 5.74) is 3.90. The van der Waals surface area contributed by atoms with Crippen molar-refractivity contribution in [1.82, 2.24) is 4.98 Å². The number of benzene rings is 2. The lowest BCUT2D eigenvalue weighted by atomic mass is 9.98. The number of ether oxygens (including phenoxy) is 1. The number of fused-ring (bicyclic) bond motifs is 1. The molecule has 30 heavy (non-hydrogen) atoms. The molecule has 0 radical (unpaired) electrons. The van der Waals surface area contributed by atoms with Gasteiger partial charge in [-0.25, -0.2) is 4.98 Å². The second-order valence-corrected chi connectivity index (χ2v) is 8.80. The van der Waals surface area contributed by atoms with Crippen LogP contribution in [0.5, 0.6) is 0 Å². The standard InChI is InChI=1S/C24H28N2O3S/c1-16(2)18-10-8-9-17(3)24(18)26-21(27)15-29-23(28)14-7-6-13-22-25-19-11-4-5-12-20(19)30-22/h4-5,8-12,16H,6-7,13-15H2,1-3H3,(H,26,27). The van der Waals surface area contributed by atoms with Crippen molar-refractivity contribution < 1.29 is 14.3 Å². The molecule has 0 unspecified atom stereocenters. The summed E-state index contributed by atoms with van der Waals surface area (Å²) >= 11 is 1.70. The lowest BCUT2D eigenvalue weighted by Crippen LogP contribution is -2.22. The van der Waals surface area contributed by atoms with Crippen LogP contribution < -0.4 is 5.32 Å². The smallest absolute Gasteiger partial charge is 0.306 e. The van der Waals surface area contributed by atoms with Gasteiger partial charge < -0.3 is 10.1 Å². The molecule has 0 aliphatic rings. The Morgan fingerprint density at radius 3 is 2.67 bits per heavy atom. The van der Waals surface area contributed by atoms with Gasteiger partial charge in [0.1, 0.15) is 0 Å². The Bertz CT molecular complexity index is 993. The minimum Gasteiger partial charge on any atom is -0.456 e. The third-order valence-electron chi connectivity index (χ3n) is 4.92. The highest BCUT2D eigenvalue weighted by Crippen LogP contribution is 2.27. The number of hydrogen-bond acceptors (Lipinski definition) is 5. The lowest BCUT2D eigenvalue weighted by Gasteiger charge is -2.16. The normalized spacial score (nSPS) is 11.1. The van der Waals surface area contributed by atoms with Crippen LogP contribution in [0.3, 0.4) is 0 Å². The Labute approximate surface area is 181 Å². The largest absolute Gasteiger partial charge is 0.456 e. The van der Waals surface area contributed by atoms with Crippen molar-refractivity contribution in [3.63, 3.8) is 0 Å². The number of unbranched alkanes of at least 4 members (excludes halogenated alkanes) is 1. The number of nitrogens with one attached hydrogen (secondary N) is 1. The van der Waals surface area contributed by atoms with Crippen molar-refractivity contribution in [2.24, 2.45) is 0 Å². The van der Waals surface area contributed by atoms with E-state index in [-0.39, 0.29) is 24.4 Å². The zero-order valence-electron chi connectivity index (χ0n) is 17.7. The molecular formula is C24H28N2O3S. The molecule has 0 aliphatic carbocycles. The molecule has 1 aromatic heterocycles. The van der Waals surface area contributed by atoms with E-state index in [1.807, 2.05) is 43.3 Å².